The highest BCUT2D eigenvalue weighted by molar-refractivity contribution is 6.20. The van der Waals surface area contributed by atoms with E-state index in [1.165, 1.54) is 5.06 Å². The van der Waals surface area contributed by atoms with Crippen molar-refractivity contribution in [1.82, 2.24) is 5.06 Å². The summed E-state index contributed by atoms with van der Waals surface area (Å²) in [5.41, 5.74) is 2.61. The second-order valence-corrected chi connectivity index (χ2v) is 6.14. The van der Waals surface area contributed by atoms with E-state index in [1.54, 1.807) is 7.05 Å². The van der Waals surface area contributed by atoms with Crippen molar-refractivity contribution in [3.05, 3.63) is 40.6 Å². The van der Waals surface area contributed by atoms with Crippen molar-refractivity contribution in [3.8, 4) is 0 Å². The fourth-order valence-corrected chi connectivity index (χ4v) is 3.44. The minimum absolute atomic E-state index is 0.107. The van der Waals surface area contributed by atoms with Gasteiger partial charge in [-0.25, -0.2) is 5.06 Å². The van der Waals surface area contributed by atoms with Crippen molar-refractivity contribution < 1.29 is 14.7 Å². The molecular formula is C17H21NO3. The molecule has 0 bridgehead atoms. The number of aliphatic hydroxyl groups excluding tert-OH is 1. The number of amides is 1. The predicted molar refractivity (Wildman–Crippen MR) is 80.5 cm³/mol. The zero-order valence-electron chi connectivity index (χ0n) is 12.8. The second-order valence-electron chi connectivity index (χ2n) is 6.14. The number of nitrogens with zero attached hydrogens (tertiary/aromatic N) is 1. The van der Waals surface area contributed by atoms with Gasteiger partial charge in [-0.05, 0) is 50.7 Å². The molecule has 1 spiro atoms. The van der Waals surface area contributed by atoms with E-state index >= 15 is 0 Å². The molecule has 3 rings (SSSR count). The number of carbonyl (C=O) groups excluding carboxylic acids is 1. The molecule has 4 heteroatoms. The topological polar surface area (TPSA) is 49.8 Å². The fraction of sp³-hybridized carbons (Fsp3) is 0.471. The number of carbonyl (C=O) groups is 1. The van der Waals surface area contributed by atoms with E-state index in [1.807, 2.05) is 32.0 Å². The van der Waals surface area contributed by atoms with Gasteiger partial charge in [0.1, 0.15) is 5.76 Å². The van der Waals surface area contributed by atoms with E-state index in [4.69, 9.17) is 4.84 Å². The maximum absolute atomic E-state index is 12.5. The average molecular weight is 287 g/mol. The lowest BCUT2D eigenvalue weighted by Gasteiger charge is -2.38. The molecule has 1 aromatic rings. The van der Waals surface area contributed by atoms with E-state index in [0.717, 1.165) is 42.4 Å². The number of aryl methyl sites for hydroxylation is 2. The third kappa shape index (κ3) is 2.14. The molecule has 2 aliphatic rings. The number of rotatable bonds is 1. The van der Waals surface area contributed by atoms with Crippen LogP contribution in [-0.2, 0) is 9.63 Å². The summed E-state index contributed by atoms with van der Waals surface area (Å²) in [4.78, 5) is 18.2. The molecule has 1 heterocycles. The molecule has 0 saturated heterocycles. The second kappa shape index (κ2) is 4.88. The minimum atomic E-state index is -0.713. The summed E-state index contributed by atoms with van der Waals surface area (Å²) in [6.45, 7) is 3.98. The number of aliphatic hydroxyl groups is 1. The molecule has 21 heavy (non-hydrogen) atoms. The summed E-state index contributed by atoms with van der Waals surface area (Å²) in [6, 6.07) is 5.91. The standard InChI is InChI=1S/C17H21NO3/c1-11-6-7-13(12(2)10-11)14-15(19)17(8-4-5-9-17)21-18(3)16(14)20/h6-7,10,19H,4-5,8-9H2,1-3H3. The Bertz CT molecular complexity index is 627. The molecule has 1 aliphatic heterocycles. The largest absolute Gasteiger partial charge is 0.508 e. The van der Waals surface area contributed by atoms with Crippen LogP contribution in [0.25, 0.3) is 5.57 Å². The molecular weight excluding hydrogens is 266 g/mol. The Morgan fingerprint density at radius 1 is 1.24 bits per heavy atom. The number of hydrogen-bond donors (Lipinski definition) is 1. The monoisotopic (exact) mass is 287 g/mol. The molecule has 0 unspecified atom stereocenters. The lowest BCUT2D eigenvalue weighted by atomic mass is 9.88. The molecule has 1 aromatic carbocycles. The zero-order valence-corrected chi connectivity index (χ0v) is 12.8. The number of hydrogen-bond acceptors (Lipinski definition) is 3. The van der Waals surface area contributed by atoms with Crippen LogP contribution in [0.4, 0.5) is 0 Å². The Morgan fingerprint density at radius 2 is 1.90 bits per heavy atom. The minimum Gasteiger partial charge on any atom is -0.508 e. The van der Waals surface area contributed by atoms with Crippen molar-refractivity contribution in [2.45, 2.75) is 45.1 Å². The first-order valence-electron chi connectivity index (χ1n) is 7.43. The highest BCUT2D eigenvalue weighted by Crippen LogP contribution is 2.45. The molecule has 112 valence electrons. The van der Waals surface area contributed by atoms with E-state index in [-0.39, 0.29) is 11.7 Å². The summed E-state index contributed by atoms with van der Waals surface area (Å²) in [7, 11) is 1.62. The van der Waals surface area contributed by atoms with Crippen molar-refractivity contribution in [3.63, 3.8) is 0 Å². The van der Waals surface area contributed by atoms with Crippen LogP contribution in [0, 0.1) is 13.8 Å². The molecule has 0 atom stereocenters. The molecule has 1 aliphatic carbocycles. The van der Waals surface area contributed by atoms with Gasteiger partial charge in [-0.3, -0.25) is 9.63 Å². The van der Waals surface area contributed by atoms with Crippen LogP contribution in [-0.4, -0.2) is 28.7 Å². The molecule has 4 nitrogen and oxygen atoms in total. The number of hydroxylamine groups is 2. The van der Waals surface area contributed by atoms with Crippen LogP contribution in [0.1, 0.15) is 42.4 Å². The van der Waals surface area contributed by atoms with Gasteiger partial charge < -0.3 is 5.11 Å². The van der Waals surface area contributed by atoms with Crippen LogP contribution in [0.2, 0.25) is 0 Å². The van der Waals surface area contributed by atoms with Crippen LogP contribution in [0.3, 0.4) is 0 Å². The van der Waals surface area contributed by atoms with E-state index in [0.29, 0.717) is 5.57 Å². The summed E-state index contributed by atoms with van der Waals surface area (Å²) in [6.07, 6.45) is 3.52. The van der Waals surface area contributed by atoms with Gasteiger partial charge in [0, 0.05) is 7.05 Å². The Kier molecular flexibility index (Phi) is 3.29. The van der Waals surface area contributed by atoms with Crippen molar-refractivity contribution >= 4 is 11.5 Å². The first-order chi connectivity index (χ1) is 9.94. The summed E-state index contributed by atoms with van der Waals surface area (Å²) >= 11 is 0. The molecule has 1 N–H and O–H groups in total. The molecule has 0 radical (unpaired) electrons. The fourth-order valence-electron chi connectivity index (χ4n) is 3.44. The summed E-state index contributed by atoms with van der Waals surface area (Å²) < 4.78 is 0. The maximum Gasteiger partial charge on any atom is 0.281 e. The van der Waals surface area contributed by atoms with Gasteiger partial charge in [0.15, 0.2) is 5.60 Å². The molecule has 0 aromatic heterocycles. The van der Waals surface area contributed by atoms with E-state index in [9.17, 15) is 9.90 Å². The Morgan fingerprint density at radius 3 is 2.52 bits per heavy atom. The third-order valence-electron chi connectivity index (χ3n) is 4.54. The quantitative estimate of drug-likeness (QED) is 0.862. The third-order valence-corrected chi connectivity index (χ3v) is 4.54. The Balaban J connectivity index is 2.18. The highest BCUT2D eigenvalue weighted by atomic mass is 16.7. The highest BCUT2D eigenvalue weighted by Gasteiger charge is 2.48. The van der Waals surface area contributed by atoms with Gasteiger partial charge >= 0.3 is 0 Å². The van der Waals surface area contributed by atoms with Gasteiger partial charge in [-0.15, -0.1) is 0 Å². The van der Waals surface area contributed by atoms with Gasteiger partial charge in [0.25, 0.3) is 5.91 Å². The Labute approximate surface area is 125 Å². The number of benzene rings is 1. The average Bonchev–Trinajstić information content (AvgIpc) is 2.89. The molecule has 1 fully saturated rings. The smallest absolute Gasteiger partial charge is 0.281 e. The molecule has 1 amide bonds. The van der Waals surface area contributed by atoms with Crippen LogP contribution < -0.4 is 0 Å². The van der Waals surface area contributed by atoms with Crippen LogP contribution in [0.5, 0.6) is 0 Å². The first kappa shape index (κ1) is 14.1. The van der Waals surface area contributed by atoms with Crippen molar-refractivity contribution in [2.24, 2.45) is 0 Å². The SMILES string of the molecule is Cc1ccc(C2=C(O)C3(CCCC3)ON(C)C2=O)c(C)c1. The summed E-state index contributed by atoms with van der Waals surface area (Å²) in [5, 5.41) is 12.0. The Hall–Kier alpha value is -1.81. The van der Waals surface area contributed by atoms with Crippen LogP contribution in [0.15, 0.2) is 24.0 Å². The van der Waals surface area contributed by atoms with Crippen molar-refractivity contribution in [1.29, 1.82) is 0 Å². The summed E-state index contributed by atoms with van der Waals surface area (Å²) in [5.74, 6) is -0.174. The lowest BCUT2D eigenvalue weighted by Crippen LogP contribution is -2.47. The normalized spacial score (nSPS) is 21.5. The van der Waals surface area contributed by atoms with Crippen molar-refractivity contribution in [2.75, 3.05) is 7.05 Å². The zero-order chi connectivity index (χ0) is 15.2. The first-order valence-corrected chi connectivity index (χ1v) is 7.43. The van der Waals surface area contributed by atoms with Gasteiger partial charge in [0.05, 0.1) is 5.57 Å². The van der Waals surface area contributed by atoms with Gasteiger partial charge in [0.2, 0.25) is 0 Å². The maximum atomic E-state index is 12.5. The van der Waals surface area contributed by atoms with Crippen LogP contribution >= 0.6 is 0 Å². The van der Waals surface area contributed by atoms with Gasteiger partial charge in [-0.2, -0.15) is 0 Å². The number of likely N-dealkylation sites (N-methyl/N-ethyl adjacent to an activating group) is 1. The van der Waals surface area contributed by atoms with E-state index in [2.05, 4.69) is 0 Å². The molecule has 1 saturated carbocycles. The van der Waals surface area contributed by atoms with Gasteiger partial charge in [-0.1, -0.05) is 23.8 Å². The predicted octanol–water partition coefficient (Wildman–Crippen LogP) is 3.29. The van der Waals surface area contributed by atoms with E-state index < -0.39 is 5.60 Å². The lowest BCUT2D eigenvalue weighted by molar-refractivity contribution is -0.227.